The highest BCUT2D eigenvalue weighted by molar-refractivity contribution is 5.92. The monoisotopic (exact) mass is 274 g/mol. The van der Waals surface area contributed by atoms with Gasteiger partial charge in [0.2, 0.25) is 5.91 Å². The second-order valence-corrected chi connectivity index (χ2v) is 4.35. The van der Waals surface area contributed by atoms with Gasteiger partial charge in [-0.05, 0) is 24.1 Å². The van der Waals surface area contributed by atoms with Crippen molar-refractivity contribution in [3.63, 3.8) is 0 Å². The minimum atomic E-state index is -1.01. The Morgan fingerprint density at radius 3 is 2.75 bits per heavy atom. The summed E-state index contributed by atoms with van der Waals surface area (Å²) in [5.74, 6) is 1.05. The summed E-state index contributed by atoms with van der Waals surface area (Å²) in [5.41, 5.74) is 1.82. The molecule has 1 aromatic rings. The Morgan fingerprint density at radius 1 is 1.40 bits per heavy atom. The lowest BCUT2D eigenvalue weighted by Crippen LogP contribution is -2.37. The normalized spacial score (nSPS) is 10.1. The van der Waals surface area contributed by atoms with Crippen LogP contribution in [0.3, 0.4) is 0 Å². The summed E-state index contributed by atoms with van der Waals surface area (Å²) in [5, 5.41) is 11.5. The van der Waals surface area contributed by atoms with Crippen molar-refractivity contribution in [2.45, 2.75) is 13.3 Å². The molecule has 0 saturated carbocycles. The fourth-order valence-corrected chi connectivity index (χ4v) is 1.76. The number of hydrogen-bond donors (Lipinski definition) is 2. The first-order valence-electron chi connectivity index (χ1n) is 6.31. The largest absolute Gasteiger partial charge is 0.480 e. The molecule has 106 valence electrons. The van der Waals surface area contributed by atoms with Crippen molar-refractivity contribution in [3.05, 3.63) is 29.8 Å². The van der Waals surface area contributed by atoms with E-state index in [1.54, 1.807) is 6.07 Å². The second-order valence-electron chi connectivity index (χ2n) is 4.35. The molecule has 5 heteroatoms. The molecule has 1 rings (SSSR count). The van der Waals surface area contributed by atoms with Crippen LogP contribution in [0.5, 0.6) is 0 Å². The molecule has 1 amide bonds. The molecule has 0 aromatic heterocycles. The van der Waals surface area contributed by atoms with E-state index in [0.29, 0.717) is 5.69 Å². The lowest BCUT2D eigenvalue weighted by Gasteiger charge is -2.16. The Labute approximate surface area is 118 Å². The number of anilines is 1. The summed E-state index contributed by atoms with van der Waals surface area (Å²) < 4.78 is 0. The quantitative estimate of drug-likeness (QED) is 0.733. The van der Waals surface area contributed by atoms with E-state index in [2.05, 4.69) is 11.2 Å². The zero-order valence-electron chi connectivity index (χ0n) is 11.4. The van der Waals surface area contributed by atoms with E-state index in [1.165, 1.54) is 4.90 Å². The standard InChI is InChI=1S/C15H18N2O3/c1-3-8-17(11-15(19)20)10-14(18)16-13-7-5-6-12(4-2)9-13/h1,5-7,9H,4,8,10-11H2,2H3,(H,16,18)(H,19,20). The van der Waals surface area contributed by atoms with Gasteiger partial charge in [-0.3, -0.25) is 14.5 Å². The van der Waals surface area contributed by atoms with Crippen molar-refractivity contribution in [2.24, 2.45) is 0 Å². The Kier molecular flexibility index (Phi) is 6.27. The number of benzene rings is 1. The van der Waals surface area contributed by atoms with Crippen LogP contribution in [-0.2, 0) is 16.0 Å². The zero-order valence-corrected chi connectivity index (χ0v) is 11.4. The van der Waals surface area contributed by atoms with Gasteiger partial charge >= 0.3 is 5.97 Å². The minimum absolute atomic E-state index is 0.0488. The Bertz CT molecular complexity index is 520. The van der Waals surface area contributed by atoms with E-state index in [-0.39, 0.29) is 25.5 Å². The number of terminal acetylenes is 1. The van der Waals surface area contributed by atoms with Gasteiger partial charge in [0.15, 0.2) is 0 Å². The maximum absolute atomic E-state index is 11.9. The molecule has 0 aliphatic heterocycles. The van der Waals surface area contributed by atoms with Crippen LogP contribution in [0.1, 0.15) is 12.5 Å². The predicted octanol–water partition coefficient (Wildman–Crippen LogP) is 1.21. The van der Waals surface area contributed by atoms with Gasteiger partial charge in [0, 0.05) is 5.69 Å². The maximum Gasteiger partial charge on any atom is 0.317 e. The topological polar surface area (TPSA) is 69.6 Å². The van der Waals surface area contributed by atoms with Gasteiger partial charge in [-0.2, -0.15) is 0 Å². The molecule has 5 nitrogen and oxygen atoms in total. The molecule has 20 heavy (non-hydrogen) atoms. The van der Waals surface area contributed by atoms with Crippen LogP contribution in [0.25, 0.3) is 0 Å². The third kappa shape index (κ3) is 5.55. The molecule has 0 bridgehead atoms. The summed E-state index contributed by atoms with van der Waals surface area (Å²) in [4.78, 5) is 23.9. The van der Waals surface area contributed by atoms with Gasteiger partial charge in [-0.1, -0.05) is 25.0 Å². The first-order valence-corrected chi connectivity index (χ1v) is 6.31. The number of aliphatic carboxylic acids is 1. The first-order chi connectivity index (χ1) is 9.55. The number of hydrogen-bond acceptors (Lipinski definition) is 3. The molecular formula is C15H18N2O3. The molecule has 0 aliphatic rings. The number of nitrogens with one attached hydrogen (secondary N) is 1. The summed E-state index contributed by atoms with van der Waals surface area (Å²) in [6.07, 6.45) is 6.04. The van der Waals surface area contributed by atoms with E-state index in [0.717, 1.165) is 12.0 Å². The van der Waals surface area contributed by atoms with Crippen molar-refractivity contribution in [2.75, 3.05) is 25.0 Å². The predicted molar refractivity (Wildman–Crippen MR) is 77.4 cm³/mol. The van der Waals surface area contributed by atoms with Crippen LogP contribution in [0.15, 0.2) is 24.3 Å². The van der Waals surface area contributed by atoms with E-state index in [1.807, 2.05) is 25.1 Å². The number of carboxylic acids is 1. The molecule has 0 saturated heterocycles. The Balaban J connectivity index is 2.60. The fourth-order valence-electron chi connectivity index (χ4n) is 1.76. The minimum Gasteiger partial charge on any atom is -0.480 e. The number of carbonyl (C=O) groups excluding carboxylic acids is 1. The summed E-state index contributed by atoms with van der Waals surface area (Å²) in [6, 6.07) is 7.52. The smallest absolute Gasteiger partial charge is 0.317 e. The van der Waals surface area contributed by atoms with Crippen molar-refractivity contribution < 1.29 is 14.7 Å². The Morgan fingerprint density at radius 2 is 2.15 bits per heavy atom. The number of nitrogens with zero attached hydrogens (tertiary/aromatic N) is 1. The van der Waals surface area contributed by atoms with Crippen molar-refractivity contribution >= 4 is 17.6 Å². The van der Waals surface area contributed by atoms with Gasteiger partial charge in [0.1, 0.15) is 0 Å². The molecule has 2 N–H and O–H groups in total. The van der Waals surface area contributed by atoms with E-state index < -0.39 is 5.97 Å². The number of carbonyl (C=O) groups is 2. The molecule has 0 radical (unpaired) electrons. The van der Waals surface area contributed by atoms with Crippen LogP contribution < -0.4 is 5.32 Å². The average Bonchev–Trinajstić information content (AvgIpc) is 2.38. The second kappa shape index (κ2) is 7.97. The Hall–Kier alpha value is -2.32. The molecule has 1 aromatic carbocycles. The van der Waals surface area contributed by atoms with E-state index in [4.69, 9.17) is 11.5 Å². The highest BCUT2D eigenvalue weighted by Crippen LogP contribution is 2.11. The lowest BCUT2D eigenvalue weighted by atomic mass is 10.1. The van der Waals surface area contributed by atoms with Gasteiger partial charge in [0.25, 0.3) is 0 Å². The third-order valence-corrected chi connectivity index (χ3v) is 2.66. The number of rotatable bonds is 7. The molecule has 0 unspecified atom stereocenters. The third-order valence-electron chi connectivity index (χ3n) is 2.66. The highest BCUT2D eigenvalue weighted by Gasteiger charge is 2.13. The molecule has 0 spiro atoms. The van der Waals surface area contributed by atoms with Crippen LogP contribution in [0.4, 0.5) is 5.69 Å². The van der Waals surface area contributed by atoms with Crippen LogP contribution in [0.2, 0.25) is 0 Å². The zero-order chi connectivity index (χ0) is 15.0. The SMILES string of the molecule is C#CCN(CC(=O)O)CC(=O)Nc1cccc(CC)c1. The highest BCUT2D eigenvalue weighted by atomic mass is 16.4. The van der Waals surface area contributed by atoms with Crippen LogP contribution >= 0.6 is 0 Å². The van der Waals surface area contributed by atoms with Crippen LogP contribution in [-0.4, -0.2) is 41.5 Å². The fraction of sp³-hybridized carbons (Fsp3) is 0.333. The molecule has 0 aliphatic carbocycles. The number of aryl methyl sites for hydroxylation is 1. The average molecular weight is 274 g/mol. The van der Waals surface area contributed by atoms with Gasteiger partial charge in [-0.15, -0.1) is 6.42 Å². The van der Waals surface area contributed by atoms with Crippen LogP contribution in [0, 0.1) is 12.3 Å². The van der Waals surface area contributed by atoms with Gasteiger partial charge in [-0.25, -0.2) is 0 Å². The maximum atomic E-state index is 11.9. The summed E-state index contributed by atoms with van der Waals surface area (Å²) in [6.45, 7) is 1.84. The molecule has 0 fully saturated rings. The summed E-state index contributed by atoms with van der Waals surface area (Å²) >= 11 is 0. The lowest BCUT2D eigenvalue weighted by molar-refractivity contribution is -0.138. The molecule has 0 atom stereocenters. The van der Waals surface area contributed by atoms with Crippen molar-refractivity contribution in [1.82, 2.24) is 4.90 Å². The van der Waals surface area contributed by atoms with Gasteiger partial charge in [0.05, 0.1) is 19.6 Å². The summed E-state index contributed by atoms with van der Waals surface area (Å²) in [7, 11) is 0. The number of carboxylic acid groups (broad SMARTS) is 1. The van der Waals surface area contributed by atoms with E-state index >= 15 is 0 Å². The molecule has 0 heterocycles. The van der Waals surface area contributed by atoms with Crippen molar-refractivity contribution in [1.29, 1.82) is 0 Å². The van der Waals surface area contributed by atoms with E-state index in [9.17, 15) is 9.59 Å². The van der Waals surface area contributed by atoms with Gasteiger partial charge < -0.3 is 10.4 Å². The van der Waals surface area contributed by atoms with Crippen molar-refractivity contribution in [3.8, 4) is 12.3 Å². The first kappa shape index (κ1) is 15.7. The number of amides is 1. The molecular weight excluding hydrogens is 256 g/mol.